The molecule has 9 nitrogen and oxygen atoms in total. The average molecular weight is 514 g/mol. The Kier molecular flexibility index (Phi) is 7.12. The maximum atomic E-state index is 13.8. The van der Waals surface area contributed by atoms with Crippen molar-refractivity contribution in [3.8, 4) is 0 Å². The van der Waals surface area contributed by atoms with Crippen LogP contribution >= 0.6 is 0 Å². The standard InChI is InChI=1S/C27H29N7O2.C2H6/c1-4-33-13-23(15(2)32-33)34(27(35)19-10-29-26(30-11-19)18-6-7-18)12-17-5-8-20-21-14-36-16(3)24(21)25(28)31-22(20)9-17;1-2/h5,8-11,13,16,18H,4,6-7,12,14H2,1-3H3,(H2,28,31);1-2H3. The molecule has 1 fully saturated rings. The van der Waals surface area contributed by atoms with Gasteiger partial charge in [-0.1, -0.05) is 26.0 Å². The molecule has 3 aromatic heterocycles. The number of nitrogens with two attached hydrogens (primary N) is 1. The predicted molar refractivity (Wildman–Crippen MR) is 148 cm³/mol. The van der Waals surface area contributed by atoms with E-state index in [-0.39, 0.29) is 12.0 Å². The van der Waals surface area contributed by atoms with Gasteiger partial charge in [-0.25, -0.2) is 15.0 Å². The summed E-state index contributed by atoms with van der Waals surface area (Å²) in [6.07, 6.45) is 7.37. The Morgan fingerprint density at radius 1 is 1.21 bits per heavy atom. The monoisotopic (exact) mass is 513 g/mol. The Morgan fingerprint density at radius 2 is 1.95 bits per heavy atom. The van der Waals surface area contributed by atoms with E-state index in [9.17, 15) is 4.79 Å². The summed E-state index contributed by atoms with van der Waals surface area (Å²) >= 11 is 0. The number of carbonyl (C=O) groups excluding carboxylic acids is 1. The number of hydrogen-bond acceptors (Lipinski definition) is 7. The van der Waals surface area contributed by atoms with E-state index in [2.05, 4.69) is 26.1 Å². The molecule has 198 valence electrons. The van der Waals surface area contributed by atoms with E-state index >= 15 is 0 Å². The van der Waals surface area contributed by atoms with Crippen LogP contribution in [0.2, 0.25) is 0 Å². The first-order chi connectivity index (χ1) is 18.4. The lowest BCUT2D eigenvalue weighted by atomic mass is 10.0. The van der Waals surface area contributed by atoms with Crippen LogP contribution < -0.4 is 10.6 Å². The molecule has 1 unspecified atom stereocenters. The number of pyridine rings is 1. The number of ether oxygens (including phenoxy) is 1. The summed E-state index contributed by atoms with van der Waals surface area (Å²) in [7, 11) is 0. The molecule has 1 aliphatic heterocycles. The number of rotatable bonds is 6. The van der Waals surface area contributed by atoms with Gasteiger partial charge in [-0.2, -0.15) is 5.10 Å². The lowest BCUT2D eigenvalue weighted by Crippen LogP contribution is -2.31. The maximum absolute atomic E-state index is 13.8. The molecule has 0 spiro atoms. The number of anilines is 2. The molecule has 6 rings (SSSR count). The van der Waals surface area contributed by atoms with Crippen molar-refractivity contribution in [3.05, 3.63) is 70.6 Å². The van der Waals surface area contributed by atoms with E-state index in [4.69, 9.17) is 10.5 Å². The van der Waals surface area contributed by atoms with Crippen LogP contribution in [0.15, 0.2) is 36.8 Å². The van der Waals surface area contributed by atoms with Crippen molar-refractivity contribution >= 4 is 28.3 Å². The zero-order valence-electron chi connectivity index (χ0n) is 22.7. The fourth-order valence-electron chi connectivity index (χ4n) is 4.95. The molecule has 38 heavy (non-hydrogen) atoms. The molecular formula is C29H35N7O2. The second kappa shape index (κ2) is 10.5. The first-order valence-electron chi connectivity index (χ1n) is 13.4. The van der Waals surface area contributed by atoms with Crippen LogP contribution in [0.3, 0.4) is 0 Å². The molecular weight excluding hydrogens is 478 g/mol. The molecule has 0 radical (unpaired) electrons. The van der Waals surface area contributed by atoms with Crippen LogP contribution in [0.5, 0.6) is 0 Å². The van der Waals surface area contributed by atoms with Gasteiger partial charge in [0.05, 0.1) is 41.7 Å². The van der Waals surface area contributed by atoms with Crippen LogP contribution in [0.1, 0.15) is 91.1 Å². The second-order valence-electron chi connectivity index (χ2n) is 9.64. The highest BCUT2D eigenvalue weighted by molar-refractivity contribution is 6.06. The van der Waals surface area contributed by atoms with E-state index in [0.29, 0.717) is 37.0 Å². The second-order valence-corrected chi connectivity index (χ2v) is 9.64. The van der Waals surface area contributed by atoms with Crippen molar-refractivity contribution in [1.82, 2.24) is 24.7 Å². The number of nitrogens with zero attached hydrogens (tertiary/aromatic N) is 6. The van der Waals surface area contributed by atoms with Gasteiger partial charge in [0, 0.05) is 42.0 Å². The minimum atomic E-state index is -0.167. The Morgan fingerprint density at radius 3 is 2.61 bits per heavy atom. The van der Waals surface area contributed by atoms with Gasteiger partial charge in [0.25, 0.3) is 5.91 Å². The first kappa shape index (κ1) is 25.8. The third-order valence-corrected chi connectivity index (χ3v) is 7.10. The van der Waals surface area contributed by atoms with E-state index in [0.717, 1.165) is 57.6 Å². The quantitative estimate of drug-likeness (QED) is 0.364. The third kappa shape index (κ3) is 4.74. The molecule has 9 heteroatoms. The van der Waals surface area contributed by atoms with Crippen molar-refractivity contribution in [2.45, 2.75) is 79.2 Å². The number of benzene rings is 1. The van der Waals surface area contributed by atoms with Gasteiger partial charge >= 0.3 is 0 Å². The number of fused-ring (bicyclic) bond motifs is 3. The zero-order chi connectivity index (χ0) is 27.0. The summed E-state index contributed by atoms with van der Waals surface area (Å²) in [5.41, 5.74) is 12.1. The highest BCUT2D eigenvalue weighted by Gasteiger charge is 2.28. The van der Waals surface area contributed by atoms with Crippen molar-refractivity contribution in [1.29, 1.82) is 0 Å². The Bertz CT molecular complexity index is 1470. The Labute approximate surface area is 223 Å². The highest BCUT2D eigenvalue weighted by atomic mass is 16.5. The van der Waals surface area contributed by atoms with Crippen LogP contribution in [-0.4, -0.2) is 30.6 Å². The number of carbonyl (C=O) groups is 1. The lowest BCUT2D eigenvalue weighted by Gasteiger charge is -2.22. The molecule has 1 aliphatic carbocycles. The van der Waals surface area contributed by atoms with Gasteiger partial charge in [-0.3, -0.25) is 9.48 Å². The molecule has 1 amide bonds. The topological polar surface area (TPSA) is 112 Å². The van der Waals surface area contributed by atoms with Crippen molar-refractivity contribution < 1.29 is 9.53 Å². The number of amides is 1. The highest BCUT2D eigenvalue weighted by Crippen LogP contribution is 2.39. The molecule has 2 N–H and O–H groups in total. The van der Waals surface area contributed by atoms with Crippen molar-refractivity contribution in [3.63, 3.8) is 0 Å². The number of nitrogen functional groups attached to an aromatic ring is 1. The Hall–Kier alpha value is -3.85. The molecule has 4 heterocycles. The summed E-state index contributed by atoms with van der Waals surface area (Å²) in [6.45, 7) is 11.5. The van der Waals surface area contributed by atoms with Gasteiger partial charge in [0.1, 0.15) is 11.6 Å². The number of aryl methyl sites for hydroxylation is 2. The van der Waals surface area contributed by atoms with E-state index in [1.807, 2.05) is 57.6 Å². The minimum Gasteiger partial charge on any atom is -0.383 e. The summed E-state index contributed by atoms with van der Waals surface area (Å²) < 4.78 is 7.64. The van der Waals surface area contributed by atoms with Crippen LogP contribution in [0, 0.1) is 6.92 Å². The number of hydrogen-bond donors (Lipinski definition) is 1. The maximum Gasteiger partial charge on any atom is 0.261 e. The predicted octanol–water partition coefficient (Wildman–Crippen LogP) is 5.47. The van der Waals surface area contributed by atoms with Crippen LogP contribution in [0.25, 0.3) is 10.9 Å². The lowest BCUT2D eigenvalue weighted by molar-refractivity contribution is 0.0801. The molecule has 0 bridgehead atoms. The van der Waals surface area contributed by atoms with Crippen molar-refractivity contribution in [2.75, 3.05) is 10.6 Å². The van der Waals surface area contributed by atoms with Crippen LogP contribution in [0.4, 0.5) is 11.5 Å². The van der Waals surface area contributed by atoms with Gasteiger partial charge in [0.2, 0.25) is 0 Å². The Balaban J connectivity index is 0.00000144. The SMILES string of the molecule is CC.CCn1cc(N(Cc2ccc3c4c(c(N)nc3c2)C(C)OC4)C(=O)c2cnc(C3CC3)nc2)c(C)n1. The van der Waals surface area contributed by atoms with E-state index in [1.165, 1.54) is 0 Å². The summed E-state index contributed by atoms with van der Waals surface area (Å²) in [5.74, 6) is 1.58. The van der Waals surface area contributed by atoms with Gasteiger partial charge in [-0.05, 0) is 50.8 Å². The molecule has 2 aliphatic rings. The molecule has 1 saturated carbocycles. The molecule has 0 saturated heterocycles. The summed E-state index contributed by atoms with van der Waals surface area (Å²) in [6, 6.07) is 6.09. The third-order valence-electron chi connectivity index (χ3n) is 7.10. The largest absolute Gasteiger partial charge is 0.383 e. The molecule has 1 atom stereocenters. The number of aromatic nitrogens is 5. The van der Waals surface area contributed by atoms with E-state index in [1.54, 1.807) is 17.3 Å². The normalized spacial score (nSPS) is 16.2. The minimum absolute atomic E-state index is 0.0590. The average Bonchev–Trinajstić information content (AvgIpc) is 3.62. The molecule has 1 aromatic carbocycles. The fourth-order valence-corrected chi connectivity index (χ4v) is 4.95. The van der Waals surface area contributed by atoms with Gasteiger partial charge < -0.3 is 15.4 Å². The summed E-state index contributed by atoms with van der Waals surface area (Å²) in [5, 5.41) is 5.60. The molecule has 4 aromatic rings. The van der Waals surface area contributed by atoms with E-state index < -0.39 is 0 Å². The zero-order valence-corrected chi connectivity index (χ0v) is 22.7. The van der Waals surface area contributed by atoms with Crippen LogP contribution in [-0.2, 0) is 24.4 Å². The first-order valence-corrected chi connectivity index (χ1v) is 13.4. The summed E-state index contributed by atoms with van der Waals surface area (Å²) in [4.78, 5) is 29.1. The van der Waals surface area contributed by atoms with Crippen molar-refractivity contribution in [2.24, 2.45) is 0 Å². The van der Waals surface area contributed by atoms with Gasteiger partial charge in [-0.15, -0.1) is 0 Å². The fraction of sp³-hybridized carbons (Fsp3) is 0.414. The van der Waals surface area contributed by atoms with Gasteiger partial charge in [0.15, 0.2) is 0 Å². The smallest absolute Gasteiger partial charge is 0.261 e.